The first-order valence-electron chi connectivity index (χ1n) is 11.7. The van der Waals surface area contributed by atoms with Crippen molar-refractivity contribution < 1.29 is 27.5 Å². The molecule has 2 unspecified atom stereocenters. The van der Waals surface area contributed by atoms with E-state index in [2.05, 4.69) is 22.1 Å². The van der Waals surface area contributed by atoms with Gasteiger partial charge in [0.25, 0.3) is 5.91 Å². The van der Waals surface area contributed by atoms with Crippen LogP contribution in [0.2, 0.25) is 5.02 Å². The third kappa shape index (κ3) is 6.60. The molecule has 0 aliphatic carbocycles. The number of carbonyl (C=O) groups is 2. The van der Waals surface area contributed by atoms with Crippen LogP contribution in [0.4, 0.5) is 19.0 Å². The molecule has 3 N–H and O–H groups in total. The number of pyridine rings is 1. The van der Waals surface area contributed by atoms with Gasteiger partial charge in [0.15, 0.2) is 5.60 Å². The molecule has 3 rings (SSSR count). The average molecular weight is 527 g/mol. The lowest BCUT2D eigenvalue weighted by Crippen LogP contribution is -2.55. The predicted octanol–water partition coefficient (Wildman–Crippen LogP) is 4.96. The smallest absolute Gasteiger partial charge is 0.420 e. The minimum atomic E-state index is -4.68. The molecule has 0 saturated carbocycles. The maximum Gasteiger partial charge on any atom is 0.420 e. The van der Waals surface area contributed by atoms with Crippen LogP contribution in [0.3, 0.4) is 0 Å². The molecule has 2 atom stereocenters. The molecule has 1 saturated heterocycles. The van der Waals surface area contributed by atoms with Crippen LogP contribution in [0.15, 0.2) is 36.5 Å². The van der Waals surface area contributed by atoms with Gasteiger partial charge in [0.1, 0.15) is 11.6 Å². The summed E-state index contributed by atoms with van der Waals surface area (Å²) in [6.07, 6.45) is -0.242. The fourth-order valence-electron chi connectivity index (χ4n) is 4.29. The molecule has 2 heterocycles. The first-order chi connectivity index (χ1) is 16.8. The summed E-state index contributed by atoms with van der Waals surface area (Å²) in [7, 11) is 0. The molecule has 36 heavy (non-hydrogen) atoms. The minimum absolute atomic E-state index is 0.0792. The zero-order valence-corrected chi connectivity index (χ0v) is 21.1. The van der Waals surface area contributed by atoms with Gasteiger partial charge in [-0.15, -0.1) is 0 Å². The van der Waals surface area contributed by atoms with Crippen molar-refractivity contribution in [1.82, 2.24) is 10.3 Å². The predicted molar refractivity (Wildman–Crippen MR) is 131 cm³/mol. The van der Waals surface area contributed by atoms with Gasteiger partial charge in [-0.2, -0.15) is 13.2 Å². The maximum atomic E-state index is 13.5. The number of halogens is 4. The van der Waals surface area contributed by atoms with Crippen molar-refractivity contribution in [3.8, 4) is 5.75 Å². The lowest BCUT2D eigenvalue weighted by Gasteiger charge is -2.41. The SMILES string of the molecule is CCCC1CC(NC(=O)C(C)(C)Oc2ccc(Cl)cc2C(F)(F)F)CCN1c1ccc(C(N)=O)cn1. The molecule has 11 heteroatoms. The number of ether oxygens (including phenoxy) is 1. The molecule has 0 bridgehead atoms. The van der Waals surface area contributed by atoms with Gasteiger partial charge in [0, 0.05) is 29.8 Å². The highest BCUT2D eigenvalue weighted by Crippen LogP contribution is 2.39. The third-order valence-corrected chi connectivity index (χ3v) is 6.39. The number of hydrogen-bond donors (Lipinski definition) is 2. The number of piperidine rings is 1. The van der Waals surface area contributed by atoms with Gasteiger partial charge in [-0.25, -0.2) is 4.98 Å². The van der Waals surface area contributed by atoms with Crippen LogP contribution in [0.5, 0.6) is 5.75 Å². The van der Waals surface area contributed by atoms with Crippen molar-refractivity contribution in [2.24, 2.45) is 5.73 Å². The van der Waals surface area contributed by atoms with E-state index in [0.717, 1.165) is 25.0 Å². The van der Waals surface area contributed by atoms with Crippen LogP contribution in [0, 0.1) is 0 Å². The van der Waals surface area contributed by atoms with Gasteiger partial charge in [-0.1, -0.05) is 24.9 Å². The number of amides is 2. The Kier molecular flexibility index (Phi) is 8.38. The second kappa shape index (κ2) is 10.9. The third-order valence-electron chi connectivity index (χ3n) is 6.16. The number of benzene rings is 1. The number of hydrogen-bond acceptors (Lipinski definition) is 5. The fourth-order valence-corrected chi connectivity index (χ4v) is 4.46. The molecular weight excluding hydrogens is 497 g/mol. The second-order valence-corrected chi connectivity index (χ2v) is 9.79. The summed E-state index contributed by atoms with van der Waals surface area (Å²) < 4.78 is 45.9. The van der Waals surface area contributed by atoms with Gasteiger partial charge in [0.05, 0.1) is 11.1 Å². The number of nitrogens with one attached hydrogen (secondary N) is 1. The molecule has 2 amide bonds. The van der Waals surface area contributed by atoms with Crippen molar-refractivity contribution in [3.63, 3.8) is 0 Å². The molecule has 1 aliphatic heterocycles. The Balaban J connectivity index is 1.70. The zero-order chi connectivity index (χ0) is 26.7. The number of anilines is 1. The van der Waals surface area contributed by atoms with E-state index < -0.39 is 34.9 Å². The van der Waals surface area contributed by atoms with Crippen LogP contribution < -0.4 is 20.7 Å². The highest BCUT2D eigenvalue weighted by molar-refractivity contribution is 6.30. The molecule has 0 radical (unpaired) electrons. The quantitative estimate of drug-likeness (QED) is 0.506. The Hall–Kier alpha value is -3.01. The summed E-state index contributed by atoms with van der Waals surface area (Å²) >= 11 is 5.74. The van der Waals surface area contributed by atoms with E-state index >= 15 is 0 Å². The summed E-state index contributed by atoms with van der Waals surface area (Å²) in [5, 5.41) is 2.87. The molecule has 0 spiro atoms. The molecule has 196 valence electrons. The summed E-state index contributed by atoms with van der Waals surface area (Å²) in [5.41, 5.74) is 3.02. The second-order valence-electron chi connectivity index (χ2n) is 9.35. The Morgan fingerprint density at radius 1 is 1.25 bits per heavy atom. The first kappa shape index (κ1) is 27.6. The van der Waals surface area contributed by atoms with Crippen LogP contribution in [-0.4, -0.2) is 41.0 Å². The lowest BCUT2D eigenvalue weighted by molar-refractivity contribution is -0.143. The standard InChI is InChI=1S/C25H30ClF3N4O3/c1-4-5-18-13-17(10-11-33(18)21-9-6-15(14-31-21)22(30)34)32-23(35)24(2,3)36-20-8-7-16(26)12-19(20)25(27,28)29/h6-9,12,14,17-18H,4-5,10-11,13H2,1-3H3,(H2,30,34)(H,32,35). The summed E-state index contributed by atoms with van der Waals surface area (Å²) in [6.45, 7) is 5.53. The van der Waals surface area contributed by atoms with Crippen LogP contribution in [0.1, 0.15) is 62.4 Å². The van der Waals surface area contributed by atoms with Crippen molar-refractivity contribution in [2.45, 2.75) is 70.3 Å². The number of nitrogens with two attached hydrogens (primary N) is 1. The number of nitrogens with zero attached hydrogens (tertiary/aromatic N) is 2. The largest absolute Gasteiger partial charge is 0.477 e. The Labute approximate surface area is 213 Å². The zero-order valence-electron chi connectivity index (χ0n) is 20.4. The van der Waals surface area contributed by atoms with E-state index in [4.69, 9.17) is 22.1 Å². The highest BCUT2D eigenvalue weighted by atomic mass is 35.5. The van der Waals surface area contributed by atoms with Gasteiger partial charge in [-0.3, -0.25) is 9.59 Å². The monoisotopic (exact) mass is 526 g/mol. The minimum Gasteiger partial charge on any atom is -0.477 e. The van der Waals surface area contributed by atoms with Crippen molar-refractivity contribution in [2.75, 3.05) is 11.4 Å². The Morgan fingerprint density at radius 2 is 1.97 bits per heavy atom. The van der Waals surface area contributed by atoms with E-state index in [1.165, 1.54) is 26.1 Å². The highest BCUT2D eigenvalue weighted by Gasteiger charge is 2.39. The molecule has 1 fully saturated rings. The van der Waals surface area contributed by atoms with Gasteiger partial charge >= 0.3 is 6.18 Å². The molecule has 2 aromatic rings. The topological polar surface area (TPSA) is 97.5 Å². The molecule has 1 aromatic carbocycles. The van der Waals surface area contributed by atoms with E-state index in [1.54, 1.807) is 12.1 Å². The first-order valence-corrected chi connectivity index (χ1v) is 12.1. The van der Waals surface area contributed by atoms with Gasteiger partial charge in [-0.05, 0) is 63.4 Å². The van der Waals surface area contributed by atoms with E-state index in [-0.39, 0.29) is 17.1 Å². The van der Waals surface area contributed by atoms with Crippen molar-refractivity contribution in [1.29, 1.82) is 0 Å². The number of primary amides is 1. The number of rotatable bonds is 8. The van der Waals surface area contributed by atoms with E-state index in [1.807, 2.05) is 0 Å². The van der Waals surface area contributed by atoms with Gasteiger partial charge < -0.3 is 20.7 Å². The molecule has 1 aromatic heterocycles. The van der Waals surface area contributed by atoms with Crippen molar-refractivity contribution in [3.05, 3.63) is 52.7 Å². The van der Waals surface area contributed by atoms with Crippen LogP contribution in [-0.2, 0) is 11.0 Å². The van der Waals surface area contributed by atoms with E-state index in [0.29, 0.717) is 30.8 Å². The van der Waals surface area contributed by atoms with Crippen LogP contribution in [0.25, 0.3) is 0 Å². The number of carbonyl (C=O) groups excluding carboxylic acids is 2. The fraction of sp³-hybridized carbons (Fsp3) is 0.480. The maximum absolute atomic E-state index is 13.5. The number of alkyl halides is 3. The molecule has 1 aliphatic rings. The Morgan fingerprint density at radius 3 is 2.56 bits per heavy atom. The van der Waals surface area contributed by atoms with Crippen LogP contribution >= 0.6 is 11.6 Å². The lowest BCUT2D eigenvalue weighted by atomic mass is 9.93. The van der Waals surface area contributed by atoms with Crippen molar-refractivity contribution >= 4 is 29.2 Å². The molecular formula is C25H30ClF3N4O3. The average Bonchev–Trinajstić information content (AvgIpc) is 2.80. The summed E-state index contributed by atoms with van der Waals surface area (Å²) in [6, 6.07) is 6.46. The number of aromatic nitrogens is 1. The van der Waals surface area contributed by atoms with E-state index in [9.17, 15) is 22.8 Å². The Bertz CT molecular complexity index is 1090. The summed E-state index contributed by atoms with van der Waals surface area (Å²) in [5.74, 6) is -0.805. The molecule has 7 nitrogen and oxygen atoms in total. The normalized spacial score (nSPS) is 18.6. The summed E-state index contributed by atoms with van der Waals surface area (Å²) in [4.78, 5) is 30.9. The van der Waals surface area contributed by atoms with Gasteiger partial charge in [0.2, 0.25) is 5.91 Å².